The molecule has 146 valence electrons. The number of ether oxygens (including phenoxy) is 2. The summed E-state index contributed by atoms with van der Waals surface area (Å²) in [5.41, 5.74) is 1.87. The number of carboxylic acids is 1. The Hall–Kier alpha value is -2.45. The van der Waals surface area contributed by atoms with Gasteiger partial charge in [0.25, 0.3) is 10.0 Å². The molecule has 0 saturated carbocycles. The van der Waals surface area contributed by atoms with E-state index in [4.69, 9.17) is 26.2 Å². The molecule has 2 aromatic carbocycles. The number of methoxy groups -OCH3 is 1. The van der Waals surface area contributed by atoms with Gasteiger partial charge in [-0.1, -0.05) is 17.7 Å². The van der Waals surface area contributed by atoms with Crippen molar-refractivity contribution < 1.29 is 27.8 Å². The summed E-state index contributed by atoms with van der Waals surface area (Å²) < 4.78 is 38.8. The molecular weight excluding hydrogens is 394 g/mol. The monoisotopic (exact) mass is 413 g/mol. The number of carbonyl (C=O) groups is 1. The first kappa shape index (κ1) is 20.9. The van der Waals surface area contributed by atoms with Gasteiger partial charge in [0.1, 0.15) is 11.5 Å². The molecule has 0 radical (unpaired) electrons. The van der Waals surface area contributed by atoms with Crippen LogP contribution in [0.2, 0.25) is 5.02 Å². The quantitative estimate of drug-likeness (QED) is 0.719. The summed E-state index contributed by atoms with van der Waals surface area (Å²) in [6.07, 6.45) is 0. The van der Waals surface area contributed by atoms with Crippen LogP contribution in [0.15, 0.2) is 29.2 Å². The molecule has 2 N–H and O–H groups in total. The van der Waals surface area contributed by atoms with E-state index in [2.05, 4.69) is 4.72 Å². The number of anilines is 1. The van der Waals surface area contributed by atoms with Gasteiger partial charge in [0.2, 0.25) is 0 Å². The zero-order chi connectivity index (χ0) is 20.4. The minimum atomic E-state index is -3.98. The molecule has 2 rings (SSSR count). The number of benzene rings is 2. The standard InChI is InChI=1S/C18H20ClNO6S/c1-10-5-6-16(12(3)18(10)26-9-17(21)22)27(23,24)20-14-7-11(2)13(19)8-15(14)25-4/h5-8,20H,9H2,1-4H3,(H,21,22). The van der Waals surface area contributed by atoms with Crippen LogP contribution in [0.3, 0.4) is 0 Å². The molecule has 0 aliphatic rings. The van der Waals surface area contributed by atoms with E-state index in [9.17, 15) is 13.2 Å². The van der Waals surface area contributed by atoms with Gasteiger partial charge in [-0.15, -0.1) is 0 Å². The number of sulfonamides is 1. The number of aryl methyl sites for hydroxylation is 2. The Balaban J connectivity index is 2.47. The maximum atomic E-state index is 12.9. The summed E-state index contributed by atoms with van der Waals surface area (Å²) in [7, 11) is -2.57. The summed E-state index contributed by atoms with van der Waals surface area (Å²) in [5, 5.41) is 9.26. The molecule has 0 aliphatic carbocycles. The van der Waals surface area contributed by atoms with Crippen LogP contribution in [0.1, 0.15) is 16.7 Å². The van der Waals surface area contributed by atoms with Crippen molar-refractivity contribution in [3.63, 3.8) is 0 Å². The van der Waals surface area contributed by atoms with Crippen molar-refractivity contribution in [3.05, 3.63) is 46.0 Å². The molecule has 9 heteroatoms. The first-order chi connectivity index (χ1) is 12.6. The lowest BCUT2D eigenvalue weighted by atomic mass is 10.1. The molecule has 0 atom stereocenters. The Bertz CT molecular complexity index is 988. The summed E-state index contributed by atoms with van der Waals surface area (Å²) in [5.74, 6) is -0.651. The largest absolute Gasteiger partial charge is 0.495 e. The lowest BCUT2D eigenvalue weighted by Gasteiger charge is -2.17. The van der Waals surface area contributed by atoms with Crippen LogP contribution in [-0.4, -0.2) is 33.2 Å². The van der Waals surface area contributed by atoms with Gasteiger partial charge < -0.3 is 14.6 Å². The second-order valence-corrected chi connectivity index (χ2v) is 7.98. The van der Waals surface area contributed by atoms with Crippen molar-refractivity contribution in [1.82, 2.24) is 0 Å². The molecule has 27 heavy (non-hydrogen) atoms. The lowest BCUT2D eigenvalue weighted by molar-refractivity contribution is -0.139. The molecule has 0 aromatic heterocycles. The average Bonchev–Trinajstić information content (AvgIpc) is 2.56. The van der Waals surface area contributed by atoms with E-state index in [1.807, 2.05) is 0 Å². The highest BCUT2D eigenvalue weighted by Crippen LogP contribution is 2.34. The Morgan fingerprint density at radius 3 is 2.44 bits per heavy atom. The predicted molar refractivity (Wildman–Crippen MR) is 103 cm³/mol. The highest BCUT2D eigenvalue weighted by molar-refractivity contribution is 7.92. The van der Waals surface area contributed by atoms with E-state index in [-0.39, 0.29) is 22.1 Å². The van der Waals surface area contributed by atoms with Gasteiger partial charge in [-0.2, -0.15) is 0 Å². The molecule has 0 amide bonds. The van der Waals surface area contributed by atoms with Crippen LogP contribution in [0.4, 0.5) is 5.69 Å². The molecule has 0 unspecified atom stereocenters. The summed E-state index contributed by atoms with van der Waals surface area (Å²) >= 11 is 6.05. The number of rotatable bonds is 7. The number of hydrogen-bond donors (Lipinski definition) is 2. The molecule has 0 fully saturated rings. The fourth-order valence-corrected chi connectivity index (χ4v) is 4.02. The number of aliphatic carboxylic acids is 1. The van der Waals surface area contributed by atoms with Crippen LogP contribution < -0.4 is 14.2 Å². The number of carboxylic acid groups (broad SMARTS) is 1. The highest BCUT2D eigenvalue weighted by Gasteiger charge is 2.23. The Morgan fingerprint density at radius 2 is 1.85 bits per heavy atom. The Kier molecular flexibility index (Phi) is 6.22. The molecule has 0 saturated heterocycles. The number of hydrogen-bond acceptors (Lipinski definition) is 5. The fourth-order valence-electron chi connectivity index (χ4n) is 2.57. The van der Waals surface area contributed by atoms with Gasteiger partial charge in [0.15, 0.2) is 6.61 Å². The van der Waals surface area contributed by atoms with Crippen LogP contribution in [-0.2, 0) is 14.8 Å². The predicted octanol–water partition coefficient (Wildman–Crippen LogP) is 3.54. The van der Waals surface area contributed by atoms with Crippen molar-refractivity contribution in [1.29, 1.82) is 0 Å². The van der Waals surface area contributed by atoms with Crippen LogP contribution >= 0.6 is 11.6 Å². The van der Waals surface area contributed by atoms with E-state index >= 15 is 0 Å². The molecule has 7 nitrogen and oxygen atoms in total. The van der Waals surface area contributed by atoms with Gasteiger partial charge >= 0.3 is 5.97 Å². The van der Waals surface area contributed by atoms with Crippen LogP contribution in [0.5, 0.6) is 11.5 Å². The Labute approximate surface area is 162 Å². The van der Waals surface area contributed by atoms with Gasteiger partial charge in [0.05, 0.1) is 17.7 Å². The van der Waals surface area contributed by atoms with Crippen molar-refractivity contribution >= 4 is 33.3 Å². The zero-order valence-electron chi connectivity index (χ0n) is 15.3. The number of nitrogens with one attached hydrogen (secondary N) is 1. The molecule has 0 bridgehead atoms. The van der Waals surface area contributed by atoms with Gasteiger partial charge in [-0.25, -0.2) is 13.2 Å². The van der Waals surface area contributed by atoms with Crippen LogP contribution in [0.25, 0.3) is 0 Å². The second-order valence-electron chi connectivity index (χ2n) is 5.92. The first-order valence-electron chi connectivity index (χ1n) is 7.88. The van der Waals surface area contributed by atoms with Gasteiger partial charge in [-0.05, 0) is 44.0 Å². The van der Waals surface area contributed by atoms with Crippen LogP contribution in [0, 0.1) is 20.8 Å². The van der Waals surface area contributed by atoms with Crippen molar-refractivity contribution in [2.24, 2.45) is 0 Å². The minimum Gasteiger partial charge on any atom is -0.495 e. The zero-order valence-corrected chi connectivity index (χ0v) is 16.9. The van der Waals surface area contributed by atoms with E-state index in [0.29, 0.717) is 21.7 Å². The average molecular weight is 414 g/mol. The Morgan fingerprint density at radius 1 is 1.19 bits per heavy atom. The minimum absolute atomic E-state index is 0.0249. The summed E-state index contributed by atoms with van der Waals surface area (Å²) in [4.78, 5) is 10.7. The van der Waals surface area contributed by atoms with E-state index < -0.39 is 22.6 Å². The van der Waals surface area contributed by atoms with E-state index in [0.717, 1.165) is 0 Å². The third kappa shape index (κ3) is 4.64. The smallest absolute Gasteiger partial charge is 0.341 e. The van der Waals surface area contributed by atoms with Gasteiger partial charge in [0, 0.05) is 16.7 Å². The molecule has 0 aliphatic heterocycles. The molecule has 0 heterocycles. The van der Waals surface area contributed by atoms with Crippen molar-refractivity contribution in [2.75, 3.05) is 18.4 Å². The highest BCUT2D eigenvalue weighted by atomic mass is 35.5. The SMILES string of the molecule is COc1cc(Cl)c(C)cc1NS(=O)(=O)c1ccc(C)c(OCC(=O)O)c1C. The van der Waals surface area contributed by atoms with E-state index in [1.54, 1.807) is 32.9 Å². The number of halogens is 1. The lowest BCUT2D eigenvalue weighted by Crippen LogP contribution is -2.17. The van der Waals surface area contributed by atoms with Gasteiger partial charge in [-0.3, -0.25) is 4.72 Å². The van der Waals surface area contributed by atoms with Crippen molar-refractivity contribution in [3.8, 4) is 11.5 Å². The maximum absolute atomic E-state index is 12.9. The fraction of sp³-hybridized carbons (Fsp3) is 0.278. The first-order valence-corrected chi connectivity index (χ1v) is 9.74. The topological polar surface area (TPSA) is 102 Å². The van der Waals surface area contributed by atoms with Crippen molar-refractivity contribution in [2.45, 2.75) is 25.7 Å². The second kappa shape index (κ2) is 8.06. The molecule has 2 aromatic rings. The molecule has 0 spiro atoms. The summed E-state index contributed by atoms with van der Waals surface area (Å²) in [6.45, 7) is 4.44. The normalized spacial score (nSPS) is 11.1. The third-order valence-corrected chi connectivity index (χ3v) is 5.82. The maximum Gasteiger partial charge on any atom is 0.341 e. The molecular formula is C18H20ClNO6S. The van der Waals surface area contributed by atoms with E-state index in [1.165, 1.54) is 19.2 Å². The third-order valence-electron chi connectivity index (χ3n) is 3.91. The summed E-state index contributed by atoms with van der Waals surface area (Å²) in [6, 6.07) is 6.10.